The van der Waals surface area contributed by atoms with Gasteiger partial charge in [0.2, 0.25) is 0 Å². The molecule has 0 aliphatic carbocycles. The van der Waals surface area contributed by atoms with Gasteiger partial charge in [0.15, 0.2) is 0 Å². The number of benzene rings is 1. The molecule has 0 aliphatic heterocycles. The van der Waals surface area contributed by atoms with E-state index < -0.39 is 5.97 Å². The highest BCUT2D eigenvalue weighted by Gasteiger charge is 2.01. The quantitative estimate of drug-likeness (QED) is 0.410. The van der Waals surface area contributed by atoms with Crippen molar-refractivity contribution in [3.05, 3.63) is 35.9 Å². The molecule has 6 heteroatoms. The van der Waals surface area contributed by atoms with Crippen LogP contribution in [0.3, 0.4) is 0 Å². The molecule has 0 aliphatic rings. The van der Waals surface area contributed by atoms with E-state index in [2.05, 4.69) is 16.6 Å². The van der Waals surface area contributed by atoms with E-state index in [0.717, 1.165) is 11.8 Å². The molecule has 0 saturated carbocycles. The van der Waals surface area contributed by atoms with Crippen LogP contribution in [-0.2, 0) is 4.79 Å². The number of carbonyl (C=O) groups is 2. The standard InChI is InChI=1S/C15H16N2O3S/c1-2-9-21-10-8-16-15(20)17-13-5-3-4-12(11-13)6-7-14(18)19/h1,3-7,11H,8-10H2,(H,18,19)(H2,16,17,20)/b7-6+. The lowest BCUT2D eigenvalue weighted by Crippen LogP contribution is -2.30. The summed E-state index contributed by atoms with van der Waals surface area (Å²) in [4.78, 5) is 22.1. The third kappa shape index (κ3) is 7.70. The van der Waals surface area contributed by atoms with E-state index in [4.69, 9.17) is 11.5 Å². The van der Waals surface area contributed by atoms with Crippen molar-refractivity contribution in [1.82, 2.24) is 5.32 Å². The lowest BCUT2D eigenvalue weighted by atomic mass is 10.2. The van der Waals surface area contributed by atoms with E-state index in [0.29, 0.717) is 23.5 Å². The van der Waals surface area contributed by atoms with Gasteiger partial charge in [0.1, 0.15) is 0 Å². The Morgan fingerprint density at radius 3 is 2.95 bits per heavy atom. The fourth-order valence-corrected chi connectivity index (χ4v) is 1.94. The van der Waals surface area contributed by atoms with E-state index in [-0.39, 0.29) is 6.03 Å². The van der Waals surface area contributed by atoms with E-state index in [1.54, 1.807) is 36.0 Å². The fraction of sp³-hybridized carbons (Fsp3) is 0.200. The van der Waals surface area contributed by atoms with Gasteiger partial charge >= 0.3 is 12.0 Å². The zero-order valence-corrected chi connectivity index (χ0v) is 12.2. The molecule has 110 valence electrons. The molecule has 0 radical (unpaired) electrons. The molecule has 0 unspecified atom stereocenters. The first kappa shape index (κ1) is 16.7. The second kappa shape index (κ2) is 9.50. The van der Waals surface area contributed by atoms with Crippen molar-refractivity contribution >= 4 is 35.5 Å². The molecule has 0 aromatic heterocycles. The molecule has 0 heterocycles. The van der Waals surface area contributed by atoms with Gasteiger partial charge in [0.25, 0.3) is 0 Å². The lowest BCUT2D eigenvalue weighted by molar-refractivity contribution is -0.131. The Hall–Kier alpha value is -2.39. The number of terminal acetylenes is 1. The van der Waals surface area contributed by atoms with Gasteiger partial charge in [0, 0.05) is 24.1 Å². The van der Waals surface area contributed by atoms with Crippen LogP contribution >= 0.6 is 11.8 Å². The van der Waals surface area contributed by atoms with Gasteiger partial charge in [-0.1, -0.05) is 18.1 Å². The Labute approximate surface area is 127 Å². The summed E-state index contributed by atoms with van der Waals surface area (Å²) in [5, 5.41) is 14.0. The highest BCUT2D eigenvalue weighted by atomic mass is 32.2. The molecule has 0 fully saturated rings. The predicted molar refractivity (Wildman–Crippen MR) is 86.3 cm³/mol. The van der Waals surface area contributed by atoms with Crippen LogP contribution in [0.1, 0.15) is 5.56 Å². The molecule has 5 nitrogen and oxygen atoms in total. The van der Waals surface area contributed by atoms with Crippen molar-refractivity contribution < 1.29 is 14.7 Å². The zero-order chi connectivity index (χ0) is 15.5. The van der Waals surface area contributed by atoms with Crippen LogP contribution in [0.25, 0.3) is 6.08 Å². The summed E-state index contributed by atoms with van der Waals surface area (Å²) in [5.74, 6) is 2.87. The maximum absolute atomic E-state index is 11.6. The third-order valence-electron chi connectivity index (χ3n) is 2.28. The van der Waals surface area contributed by atoms with Gasteiger partial charge in [-0.2, -0.15) is 0 Å². The number of nitrogens with one attached hydrogen (secondary N) is 2. The van der Waals surface area contributed by atoms with Gasteiger partial charge in [0.05, 0.1) is 5.75 Å². The molecule has 0 atom stereocenters. The van der Waals surface area contributed by atoms with Crippen LogP contribution in [0, 0.1) is 12.3 Å². The fourth-order valence-electron chi connectivity index (χ4n) is 1.43. The largest absolute Gasteiger partial charge is 0.478 e. The molecule has 2 amide bonds. The number of rotatable bonds is 7. The highest BCUT2D eigenvalue weighted by molar-refractivity contribution is 7.99. The number of carboxylic acids is 1. The van der Waals surface area contributed by atoms with Crippen LogP contribution in [0.4, 0.5) is 10.5 Å². The summed E-state index contributed by atoms with van der Waals surface area (Å²) < 4.78 is 0. The third-order valence-corrected chi connectivity index (χ3v) is 3.14. The topological polar surface area (TPSA) is 78.4 Å². The van der Waals surface area contributed by atoms with Crippen LogP contribution in [0.2, 0.25) is 0 Å². The monoisotopic (exact) mass is 304 g/mol. The number of hydrogen-bond acceptors (Lipinski definition) is 3. The second-order valence-corrected chi connectivity index (χ2v) is 5.04. The predicted octanol–water partition coefficient (Wildman–Crippen LogP) is 2.27. The van der Waals surface area contributed by atoms with Crippen molar-refractivity contribution in [3.63, 3.8) is 0 Å². The normalized spacial score (nSPS) is 10.0. The summed E-state index contributed by atoms with van der Waals surface area (Å²) in [6.07, 6.45) is 7.62. The Balaban J connectivity index is 2.44. The Kier molecular flexibility index (Phi) is 7.54. The number of carboxylic acid groups (broad SMARTS) is 1. The summed E-state index contributed by atoms with van der Waals surface area (Å²) in [7, 11) is 0. The zero-order valence-electron chi connectivity index (χ0n) is 11.3. The van der Waals surface area contributed by atoms with E-state index in [1.165, 1.54) is 6.08 Å². The number of thioether (sulfide) groups is 1. The number of urea groups is 1. The van der Waals surface area contributed by atoms with Crippen LogP contribution in [-0.4, -0.2) is 35.2 Å². The Morgan fingerprint density at radius 2 is 2.24 bits per heavy atom. The Morgan fingerprint density at radius 1 is 1.43 bits per heavy atom. The number of anilines is 1. The maximum atomic E-state index is 11.6. The SMILES string of the molecule is C#CCSCCNC(=O)Nc1cccc(/C=C/C(=O)O)c1. The van der Waals surface area contributed by atoms with Crippen molar-refractivity contribution in [3.8, 4) is 12.3 Å². The Bertz CT molecular complexity index is 564. The number of carbonyl (C=O) groups excluding carboxylic acids is 1. The smallest absolute Gasteiger partial charge is 0.328 e. The summed E-state index contributed by atoms with van der Waals surface area (Å²) >= 11 is 1.57. The number of aliphatic carboxylic acids is 1. The molecule has 0 saturated heterocycles. The first-order valence-corrected chi connectivity index (χ1v) is 7.34. The summed E-state index contributed by atoms with van der Waals surface area (Å²) in [6, 6.07) is 6.59. The molecule has 1 rings (SSSR count). The molecular weight excluding hydrogens is 288 g/mol. The molecule has 0 bridgehead atoms. The molecular formula is C15H16N2O3S. The van der Waals surface area contributed by atoms with Gasteiger partial charge in [-0.05, 0) is 23.8 Å². The minimum atomic E-state index is -1.02. The van der Waals surface area contributed by atoms with Crippen LogP contribution < -0.4 is 10.6 Å². The van der Waals surface area contributed by atoms with Gasteiger partial charge in [-0.15, -0.1) is 18.2 Å². The van der Waals surface area contributed by atoms with Gasteiger partial charge < -0.3 is 15.7 Å². The van der Waals surface area contributed by atoms with E-state index >= 15 is 0 Å². The minimum Gasteiger partial charge on any atom is -0.478 e. The summed E-state index contributed by atoms with van der Waals surface area (Å²) in [5.41, 5.74) is 1.29. The number of amides is 2. The highest BCUT2D eigenvalue weighted by Crippen LogP contribution is 2.11. The first-order valence-electron chi connectivity index (χ1n) is 6.19. The minimum absolute atomic E-state index is 0.310. The lowest BCUT2D eigenvalue weighted by Gasteiger charge is -2.07. The van der Waals surface area contributed by atoms with Gasteiger partial charge in [-0.25, -0.2) is 9.59 Å². The molecule has 3 N–H and O–H groups in total. The molecule has 21 heavy (non-hydrogen) atoms. The van der Waals surface area contributed by atoms with Crippen molar-refractivity contribution in [2.75, 3.05) is 23.4 Å². The van der Waals surface area contributed by atoms with Crippen LogP contribution in [0.15, 0.2) is 30.3 Å². The average Bonchev–Trinajstić information content (AvgIpc) is 2.45. The van der Waals surface area contributed by atoms with E-state index in [9.17, 15) is 9.59 Å². The maximum Gasteiger partial charge on any atom is 0.328 e. The van der Waals surface area contributed by atoms with Crippen molar-refractivity contribution in [2.24, 2.45) is 0 Å². The average molecular weight is 304 g/mol. The van der Waals surface area contributed by atoms with Crippen molar-refractivity contribution in [1.29, 1.82) is 0 Å². The first-order chi connectivity index (χ1) is 10.1. The van der Waals surface area contributed by atoms with Gasteiger partial charge in [-0.3, -0.25) is 0 Å². The molecule has 1 aromatic rings. The van der Waals surface area contributed by atoms with E-state index in [1.807, 2.05) is 0 Å². The molecule has 1 aromatic carbocycles. The van der Waals surface area contributed by atoms with Crippen LogP contribution in [0.5, 0.6) is 0 Å². The molecule has 0 spiro atoms. The van der Waals surface area contributed by atoms with Crippen molar-refractivity contribution in [2.45, 2.75) is 0 Å². The summed E-state index contributed by atoms with van der Waals surface area (Å²) in [6.45, 7) is 0.525. The second-order valence-electron chi connectivity index (χ2n) is 3.93. The number of hydrogen-bond donors (Lipinski definition) is 3.